The van der Waals surface area contributed by atoms with Crippen LogP contribution in [-0.4, -0.2) is 27.0 Å². The van der Waals surface area contributed by atoms with Gasteiger partial charge in [0, 0.05) is 12.1 Å². The molecule has 0 spiro atoms. The highest BCUT2D eigenvalue weighted by Gasteiger charge is 2.08. The van der Waals surface area contributed by atoms with Crippen LogP contribution in [0.1, 0.15) is 5.82 Å². The first kappa shape index (κ1) is 15.6. The zero-order chi connectivity index (χ0) is 17.4. The van der Waals surface area contributed by atoms with Crippen LogP contribution in [0.2, 0.25) is 0 Å². The van der Waals surface area contributed by atoms with Crippen LogP contribution in [0.5, 0.6) is 5.75 Å². The largest absolute Gasteiger partial charge is 0.497 e. The molecule has 0 bridgehead atoms. The smallest absolute Gasteiger partial charge is 0.258 e. The van der Waals surface area contributed by atoms with E-state index in [-0.39, 0.29) is 5.56 Å². The third-order valence-electron chi connectivity index (χ3n) is 3.73. The molecule has 2 aromatic heterocycles. The van der Waals surface area contributed by atoms with Crippen molar-refractivity contribution in [2.24, 2.45) is 0 Å². The Morgan fingerprint density at radius 2 is 2.00 bits per heavy atom. The lowest BCUT2D eigenvalue weighted by atomic mass is 10.2. The zero-order valence-electron chi connectivity index (χ0n) is 13.2. The fourth-order valence-electron chi connectivity index (χ4n) is 2.53. The molecule has 0 unspecified atom stereocenters. The number of ether oxygens (including phenoxy) is 1. The van der Waals surface area contributed by atoms with Gasteiger partial charge in [0.2, 0.25) is 0 Å². The number of hydrogen-bond donors (Lipinski definition) is 2. The molecule has 2 heterocycles. The lowest BCUT2D eigenvalue weighted by Crippen LogP contribution is -2.11. The van der Waals surface area contributed by atoms with E-state index in [9.17, 15) is 9.18 Å². The number of benzene rings is 2. The SMILES string of the molecule is COc1ccc2nc(SCc3nc4cc(F)ccc4c(=O)[nH]3)[nH]c2c1. The number of aromatic amines is 2. The van der Waals surface area contributed by atoms with Crippen molar-refractivity contribution in [2.75, 3.05) is 7.11 Å². The molecule has 0 fully saturated rings. The van der Waals surface area contributed by atoms with E-state index in [4.69, 9.17) is 4.74 Å². The number of hydrogen-bond acceptors (Lipinski definition) is 5. The van der Waals surface area contributed by atoms with Crippen molar-refractivity contribution in [3.8, 4) is 5.75 Å². The monoisotopic (exact) mass is 356 g/mol. The van der Waals surface area contributed by atoms with E-state index in [1.165, 1.54) is 30.0 Å². The first-order valence-corrected chi connectivity index (χ1v) is 8.46. The molecule has 2 N–H and O–H groups in total. The maximum absolute atomic E-state index is 13.3. The van der Waals surface area contributed by atoms with Crippen molar-refractivity contribution in [3.63, 3.8) is 0 Å². The number of halogens is 1. The van der Waals surface area contributed by atoms with Gasteiger partial charge >= 0.3 is 0 Å². The van der Waals surface area contributed by atoms with E-state index < -0.39 is 5.82 Å². The topological polar surface area (TPSA) is 83.7 Å². The average molecular weight is 356 g/mol. The molecule has 0 amide bonds. The third kappa shape index (κ3) is 3.08. The van der Waals surface area contributed by atoms with Crippen LogP contribution >= 0.6 is 11.8 Å². The standard InChI is InChI=1S/C17H13FN4O2S/c1-24-10-3-5-12-14(7-10)21-17(20-12)25-8-15-19-13-6-9(18)2-4-11(13)16(23)22-15/h2-7H,8H2,1H3,(H,20,21)(H,19,22,23). The Morgan fingerprint density at radius 1 is 1.12 bits per heavy atom. The fourth-order valence-corrected chi connectivity index (χ4v) is 3.28. The Labute approximate surface area is 145 Å². The van der Waals surface area contributed by atoms with E-state index in [0.29, 0.717) is 27.6 Å². The fraction of sp³-hybridized carbons (Fsp3) is 0.118. The van der Waals surface area contributed by atoms with Crippen LogP contribution in [0.25, 0.3) is 21.9 Å². The average Bonchev–Trinajstić information content (AvgIpc) is 3.01. The number of thioether (sulfide) groups is 1. The molecule has 0 aliphatic rings. The van der Waals surface area contributed by atoms with Gasteiger partial charge in [-0.05, 0) is 24.3 Å². The predicted molar refractivity (Wildman–Crippen MR) is 94.5 cm³/mol. The van der Waals surface area contributed by atoms with E-state index in [1.54, 1.807) is 7.11 Å². The molecular formula is C17H13FN4O2S. The van der Waals surface area contributed by atoms with Gasteiger partial charge in [-0.1, -0.05) is 11.8 Å². The quantitative estimate of drug-likeness (QED) is 0.549. The molecule has 0 atom stereocenters. The predicted octanol–water partition coefficient (Wildman–Crippen LogP) is 3.24. The molecule has 0 aliphatic carbocycles. The molecule has 0 saturated carbocycles. The van der Waals surface area contributed by atoms with Crippen molar-refractivity contribution in [2.45, 2.75) is 10.9 Å². The summed E-state index contributed by atoms with van der Waals surface area (Å²) in [5.74, 6) is 1.19. The first-order valence-electron chi connectivity index (χ1n) is 7.47. The minimum atomic E-state index is -0.421. The highest BCUT2D eigenvalue weighted by Crippen LogP contribution is 2.24. The minimum absolute atomic E-state index is 0.282. The summed E-state index contributed by atoms with van der Waals surface area (Å²) in [6, 6.07) is 9.51. The maximum atomic E-state index is 13.3. The van der Waals surface area contributed by atoms with Crippen molar-refractivity contribution in [3.05, 3.63) is 58.4 Å². The van der Waals surface area contributed by atoms with Gasteiger partial charge in [0.05, 0.1) is 34.8 Å². The van der Waals surface area contributed by atoms with Gasteiger partial charge in [-0.2, -0.15) is 0 Å². The number of methoxy groups -OCH3 is 1. The number of H-pyrrole nitrogens is 2. The van der Waals surface area contributed by atoms with Gasteiger partial charge in [-0.15, -0.1) is 0 Å². The molecule has 4 rings (SSSR count). The molecule has 126 valence electrons. The molecule has 8 heteroatoms. The molecule has 25 heavy (non-hydrogen) atoms. The van der Waals surface area contributed by atoms with Crippen LogP contribution in [0.15, 0.2) is 46.3 Å². The van der Waals surface area contributed by atoms with Gasteiger partial charge in [0.15, 0.2) is 5.16 Å². The lowest BCUT2D eigenvalue weighted by molar-refractivity contribution is 0.415. The number of nitrogens with one attached hydrogen (secondary N) is 2. The first-order chi connectivity index (χ1) is 12.1. The number of rotatable bonds is 4. The maximum Gasteiger partial charge on any atom is 0.258 e. The highest BCUT2D eigenvalue weighted by atomic mass is 32.2. The van der Waals surface area contributed by atoms with Crippen LogP contribution < -0.4 is 10.3 Å². The van der Waals surface area contributed by atoms with Gasteiger partial charge in [0.1, 0.15) is 17.4 Å². The number of imidazole rings is 1. The van der Waals surface area contributed by atoms with Gasteiger partial charge in [-0.3, -0.25) is 4.79 Å². The van der Waals surface area contributed by atoms with E-state index in [0.717, 1.165) is 16.8 Å². The third-order valence-corrected chi connectivity index (χ3v) is 4.62. The van der Waals surface area contributed by atoms with Gasteiger partial charge in [0.25, 0.3) is 5.56 Å². The van der Waals surface area contributed by atoms with Crippen LogP contribution in [0.3, 0.4) is 0 Å². The molecule has 0 aliphatic heterocycles. The van der Waals surface area contributed by atoms with Crippen LogP contribution in [-0.2, 0) is 5.75 Å². The Bertz CT molecular complexity index is 1140. The van der Waals surface area contributed by atoms with E-state index in [2.05, 4.69) is 19.9 Å². The summed E-state index contributed by atoms with van der Waals surface area (Å²) >= 11 is 1.40. The summed E-state index contributed by atoms with van der Waals surface area (Å²) in [6.07, 6.45) is 0. The minimum Gasteiger partial charge on any atom is -0.497 e. The second-order valence-corrected chi connectivity index (χ2v) is 6.35. The molecule has 6 nitrogen and oxygen atoms in total. The Balaban J connectivity index is 1.60. The number of fused-ring (bicyclic) bond motifs is 2. The Kier molecular flexibility index (Phi) is 3.89. The van der Waals surface area contributed by atoms with E-state index in [1.807, 2.05) is 18.2 Å². The summed E-state index contributed by atoms with van der Waals surface area (Å²) in [4.78, 5) is 26.8. The highest BCUT2D eigenvalue weighted by molar-refractivity contribution is 7.98. The van der Waals surface area contributed by atoms with Crippen molar-refractivity contribution >= 4 is 33.7 Å². The molecule has 0 radical (unpaired) electrons. The van der Waals surface area contributed by atoms with Crippen LogP contribution in [0.4, 0.5) is 4.39 Å². The normalized spacial score (nSPS) is 11.3. The summed E-state index contributed by atoms with van der Waals surface area (Å²) in [5, 5.41) is 1.07. The Morgan fingerprint density at radius 3 is 2.84 bits per heavy atom. The van der Waals surface area contributed by atoms with Crippen LogP contribution in [0, 0.1) is 5.82 Å². The summed E-state index contributed by atoms with van der Waals surface area (Å²) < 4.78 is 18.5. The second-order valence-electron chi connectivity index (χ2n) is 5.39. The summed E-state index contributed by atoms with van der Waals surface area (Å²) in [6.45, 7) is 0. The molecule has 2 aromatic carbocycles. The van der Waals surface area contributed by atoms with Crippen molar-refractivity contribution in [1.29, 1.82) is 0 Å². The van der Waals surface area contributed by atoms with Crippen molar-refractivity contribution < 1.29 is 9.13 Å². The van der Waals surface area contributed by atoms with Crippen molar-refractivity contribution in [1.82, 2.24) is 19.9 Å². The number of nitrogens with zero attached hydrogens (tertiary/aromatic N) is 2. The Hall–Kier alpha value is -2.87. The summed E-state index contributed by atoms with van der Waals surface area (Å²) in [5.41, 5.74) is 1.75. The second kappa shape index (κ2) is 6.21. The lowest BCUT2D eigenvalue weighted by Gasteiger charge is -2.02. The number of aromatic nitrogens is 4. The molecule has 0 saturated heterocycles. The van der Waals surface area contributed by atoms with Gasteiger partial charge < -0.3 is 14.7 Å². The van der Waals surface area contributed by atoms with E-state index >= 15 is 0 Å². The summed E-state index contributed by atoms with van der Waals surface area (Å²) in [7, 11) is 1.61. The molecule has 4 aromatic rings. The zero-order valence-corrected chi connectivity index (χ0v) is 14.0. The van der Waals surface area contributed by atoms with Gasteiger partial charge in [-0.25, -0.2) is 14.4 Å². The molecular weight excluding hydrogens is 343 g/mol.